The van der Waals surface area contributed by atoms with Gasteiger partial charge in [0.25, 0.3) is 0 Å². The van der Waals surface area contributed by atoms with Crippen molar-refractivity contribution in [3.05, 3.63) is 65.2 Å². The Labute approximate surface area is 182 Å². The normalized spacial score (nSPS) is 10.9. The van der Waals surface area contributed by atoms with Crippen molar-refractivity contribution in [2.24, 2.45) is 0 Å². The van der Waals surface area contributed by atoms with Crippen molar-refractivity contribution in [2.75, 3.05) is 20.0 Å². The molecule has 0 unspecified atom stereocenters. The molecule has 30 heavy (non-hydrogen) atoms. The molecule has 0 spiro atoms. The highest BCUT2D eigenvalue weighted by Crippen LogP contribution is 2.31. The van der Waals surface area contributed by atoms with Crippen LogP contribution in [0, 0.1) is 0 Å². The van der Waals surface area contributed by atoms with Gasteiger partial charge in [-0.1, -0.05) is 23.4 Å². The molecule has 0 aliphatic carbocycles. The third kappa shape index (κ3) is 4.10. The first-order chi connectivity index (χ1) is 14.6. The molecule has 0 fully saturated rings. The number of halogens is 1. The summed E-state index contributed by atoms with van der Waals surface area (Å²) in [6.07, 6.45) is 0. The Morgan fingerprint density at radius 3 is 2.50 bits per heavy atom. The minimum atomic E-state index is -0.0236. The number of aromatic nitrogens is 4. The number of rotatable bonds is 7. The van der Waals surface area contributed by atoms with Gasteiger partial charge in [-0.05, 0) is 54.6 Å². The predicted molar refractivity (Wildman–Crippen MR) is 116 cm³/mol. The molecule has 0 amide bonds. The molecule has 0 atom stereocenters. The van der Waals surface area contributed by atoms with Crippen LogP contribution < -0.4 is 9.47 Å². The number of thioether (sulfide) groups is 1. The summed E-state index contributed by atoms with van der Waals surface area (Å²) >= 11 is 7.16. The van der Waals surface area contributed by atoms with Gasteiger partial charge in [-0.25, -0.2) is 0 Å². The molecular weight excluding hydrogens is 424 g/mol. The molecule has 2 aromatic heterocycles. The molecule has 0 saturated heterocycles. The molecule has 0 saturated carbocycles. The summed E-state index contributed by atoms with van der Waals surface area (Å²) in [5.41, 5.74) is 2.77. The van der Waals surface area contributed by atoms with Crippen LogP contribution in [0.5, 0.6) is 11.5 Å². The van der Waals surface area contributed by atoms with Gasteiger partial charge in [0.2, 0.25) is 5.16 Å². The summed E-state index contributed by atoms with van der Waals surface area (Å²) in [5, 5.41) is 14.1. The van der Waals surface area contributed by atoms with Crippen LogP contribution >= 0.6 is 23.4 Å². The minimum absolute atomic E-state index is 0.0236. The minimum Gasteiger partial charge on any atom is -0.493 e. The highest BCUT2D eigenvalue weighted by atomic mass is 35.5. The Balaban J connectivity index is 1.59. The molecule has 2 aromatic carbocycles. The summed E-state index contributed by atoms with van der Waals surface area (Å²) in [5.74, 6) is 1.45. The number of Topliss-reactive ketones (excluding diaryl/α,β-unsaturated/α-hetero) is 1. The second-order valence-corrected chi connectivity index (χ2v) is 7.64. The van der Waals surface area contributed by atoms with Crippen LogP contribution in [0.25, 0.3) is 16.9 Å². The average Bonchev–Trinajstić information content (AvgIpc) is 3.19. The van der Waals surface area contributed by atoms with Crippen molar-refractivity contribution in [1.29, 1.82) is 0 Å². The number of hydrogen-bond acceptors (Lipinski definition) is 7. The maximum Gasteiger partial charge on any atom is 0.212 e. The summed E-state index contributed by atoms with van der Waals surface area (Å²) in [7, 11) is 3.18. The fourth-order valence-electron chi connectivity index (χ4n) is 2.86. The van der Waals surface area contributed by atoms with Gasteiger partial charge in [0.15, 0.2) is 22.9 Å². The monoisotopic (exact) mass is 440 g/mol. The zero-order valence-electron chi connectivity index (χ0n) is 16.2. The lowest BCUT2D eigenvalue weighted by Gasteiger charge is -2.09. The molecule has 4 aromatic rings. The van der Waals surface area contributed by atoms with Gasteiger partial charge in [-0.3, -0.25) is 4.79 Å². The summed E-state index contributed by atoms with van der Waals surface area (Å²) < 4.78 is 12.3. The average molecular weight is 441 g/mol. The van der Waals surface area contributed by atoms with Crippen LogP contribution in [-0.4, -0.2) is 45.6 Å². The molecule has 2 heterocycles. The maximum absolute atomic E-state index is 12.4. The van der Waals surface area contributed by atoms with Gasteiger partial charge in [0.05, 0.1) is 25.7 Å². The van der Waals surface area contributed by atoms with Gasteiger partial charge in [0.1, 0.15) is 0 Å². The van der Waals surface area contributed by atoms with Crippen LogP contribution in [0.3, 0.4) is 0 Å². The van der Waals surface area contributed by atoms with Crippen LogP contribution in [0.4, 0.5) is 0 Å². The quantitative estimate of drug-likeness (QED) is 0.310. The molecule has 0 aliphatic rings. The van der Waals surface area contributed by atoms with E-state index >= 15 is 0 Å². The van der Waals surface area contributed by atoms with Gasteiger partial charge < -0.3 is 9.47 Å². The SMILES string of the molecule is COc1ccc(-c2ccc3nnc(SCC(=O)c4ccc(Cl)cc4)n3n2)cc1OC. The van der Waals surface area contributed by atoms with E-state index in [9.17, 15) is 4.79 Å². The zero-order valence-corrected chi connectivity index (χ0v) is 17.8. The van der Waals surface area contributed by atoms with E-state index in [0.717, 1.165) is 5.56 Å². The number of benzene rings is 2. The van der Waals surface area contributed by atoms with Crippen LogP contribution in [0.2, 0.25) is 5.02 Å². The molecule has 9 heteroatoms. The van der Waals surface area contributed by atoms with Crippen molar-refractivity contribution in [2.45, 2.75) is 5.16 Å². The Bertz CT molecular complexity index is 1210. The van der Waals surface area contributed by atoms with E-state index in [-0.39, 0.29) is 11.5 Å². The van der Waals surface area contributed by atoms with E-state index in [1.165, 1.54) is 11.8 Å². The first kappa shape index (κ1) is 20.2. The second-order valence-electron chi connectivity index (χ2n) is 6.26. The standard InChI is InChI=1S/C21H17ClN4O3S/c1-28-18-9-5-14(11-19(18)29-2)16-8-10-20-23-24-21(26(20)25-16)30-12-17(27)13-3-6-15(22)7-4-13/h3-11H,12H2,1-2H3. The highest BCUT2D eigenvalue weighted by Gasteiger charge is 2.14. The van der Waals surface area contributed by atoms with E-state index in [1.54, 1.807) is 43.0 Å². The van der Waals surface area contributed by atoms with Crippen molar-refractivity contribution in [1.82, 2.24) is 19.8 Å². The number of carbonyl (C=O) groups is 1. The highest BCUT2D eigenvalue weighted by molar-refractivity contribution is 7.99. The lowest BCUT2D eigenvalue weighted by molar-refractivity contribution is 0.102. The molecule has 152 valence electrons. The molecule has 4 rings (SSSR count). The molecule has 0 bridgehead atoms. The predicted octanol–water partition coefficient (Wildman–Crippen LogP) is 4.44. The lowest BCUT2D eigenvalue weighted by atomic mass is 10.1. The Morgan fingerprint density at radius 2 is 1.77 bits per heavy atom. The fourth-order valence-corrected chi connectivity index (χ4v) is 3.77. The van der Waals surface area contributed by atoms with Gasteiger partial charge in [0, 0.05) is 16.1 Å². The van der Waals surface area contributed by atoms with E-state index in [2.05, 4.69) is 15.3 Å². The third-order valence-electron chi connectivity index (χ3n) is 4.41. The third-order valence-corrected chi connectivity index (χ3v) is 5.58. The molecule has 0 N–H and O–H groups in total. The zero-order chi connectivity index (χ0) is 21.1. The molecular formula is C21H17ClN4O3S. The lowest BCUT2D eigenvalue weighted by Crippen LogP contribution is -2.04. The second kappa shape index (κ2) is 8.73. The molecule has 7 nitrogen and oxygen atoms in total. The number of methoxy groups -OCH3 is 2. The first-order valence-corrected chi connectivity index (χ1v) is 10.3. The number of ketones is 1. The summed E-state index contributed by atoms with van der Waals surface area (Å²) in [6.45, 7) is 0. The number of nitrogens with zero attached hydrogens (tertiary/aromatic N) is 4. The van der Waals surface area contributed by atoms with Crippen molar-refractivity contribution in [3.63, 3.8) is 0 Å². The number of hydrogen-bond donors (Lipinski definition) is 0. The first-order valence-electron chi connectivity index (χ1n) is 8.95. The van der Waals surface area contributed by atoms with Crippen LogP contribution in [-0.2, 0) is 0 Å². The summed E-state index contributed by atoms with van der Waals surface area (Å²) in [6, 6.07) is 16.1. The van der Waals surface area contributed by atoms with Gasteiger partial charge in [-0.15, -0.1) is 10.2 Å². The number of carbonyl (C=O) groups excluding carboxylic acids is 1. The van der Waals surface area contributed by atoms with Crippen LogP contribution in [0.1, 0.15) is 10.4 Å². The Kier molecular flexibility index (Phi) is 5.87. The largest absolute Gasteiger partial charge is 0.493 e. The van der Waals surface area contributed by atoms with Crippen molar-refractivity contribution in [3.8, 4) is 22.8 Å². The number of fused-ring (bicyclic) bond motifs is 1. The Morgan fingerprint density at radius 1 is 1.00 bits per heavy atom. The fraction of sp³-hybridized carbons (Fsp3) is 0.143. The van der Waals surface area contributed by atoms with Crippen molar-refractivity contribution >= 4 is 34.8 Å². The van der Waals surface area contributed by atoms with E-state index in [1.807, 2.05) is 30.3 Å². The molecule has 0 aliphatic heterocycles. The van der Waals surface area contributed by atoms with Gasteiger partial charge >= 0.3 is 0 Å². The topological polar surface area (TPSA) is 78.6 Å². The smallest absolute Gasteiger partial charge is 0.212 e. The Hall–Kier alpha value is -3.10. The van der Waals surface area contributed by atoms with Crippen molar-refractivity contribution < 1.29 is 14.3 Å². The number of ether oxygens (including phenoxy) is 2. The van der Waals surface area contributed by atoms with Crippen LogP contribution in [0.15, 0.2) is 59.8 Å². The maximum atomic E-state index is 12.4. The van der Waals surface area contributed by atoms with E-state index in [0.29, 0.717) is 38.6 Å². The summed E-state index contributed by atoms with van der Waals surface area (Å²) in [4.78, 5) is 12.4. The van der Waals surface area contributed by atoms with E-state index in [4.69, 9.17) is 21.1 Å². The molecule has 0 radical (unpaired) electrons. The van der Waals surface area contributed by atoms with E-state index < -0.39 is 0 Å². The van der Waals surface area contributed by atoms with Gasteiger partial charge in [-0.2, -0.15) is 9.61 Å².